The largest absolute Gasteiger partial charge is 0.395 e. The molecule has 0 atom stereocenters. The monoisotopic (exact) mass is 245 g/mol. The minimum absolute atomic E-state index is 0.000410. The van der Waals surface area contributed by atoms with E-state index in [0.29, 0.717) is 6.54 Å². The summed E-state index contributed by atoms with van der Waals surface area (Å²) in [5, 5.41) is 11.5. The summed E-state index contributed by atoms with van der Waals surface area (Å²) in [6.45, 7) is 2.66. The van der Waals surface area contributed by atoms with Crippen LogP contribution in [-0.2, 0) is 0 Å². The van der Waals surface area contributed by atoms with Crippen LogP contribution in [0.2, 0.25) is 0 Å². The summed E-state index contributed by atoms with van der Waals surface area (Å²) in [4.78, 5) is 5.47. The van der Waals surface area contributed by atoms with E-state index in [4.69, 9.17) is 5.11 Å². The Morgan fingerprint density at radius 2 is 2.06 bits per heavy atom. The standard InChI is InChI=1S/C11H17F2N3O/c1-3-4-16(5-6-17)11-9(13)7-8(12)10(14-2)15-11/h7,17H,3-6H2,1-2H3,(H,14,15). The number of hydrogen-bond donors (Lipinski definition) is 2. The highest BCUT2D eigenvalue weighted by molar-refractivity contribution is 5.49. The topological polar surface area (TPSA) is 48.4 Å². The molecule has 0 radical (unpaired) electrons. The van der Waals surface area contributed by atoms with Crippen molar-refractivity contribution < 1.29 is 13.9 Å². The maximum absolute atomic E-state index is 13.6. The number of nitrogens with one attached hydrogen (secondary N) is 1. The number of halogens is 2. The Bertz CT molecular complexity index is 368. The molecule has 0 aromatic carbocycles. The van der Waals surface area contributed by atoms with Crippen LogP contribution < -0.4 is 10.2 Å². The van der Waals surface area contributed by atoms with E-state index in [-0.39, 0.29) is 24.8 Å². The SMILES string of the molecule is CCCN(CCO)c1nc(NC)c(F)cc1F. The molecule has 1 heterocycles. The van der Waals surface area contributed by atoms with Crippen LogP contribution in [0.3, 0.4) is 0 Å². The number of aromatic nitrogens is 1. The lowest BCUT2D eigenvalue weighted by Crippen LogP contribution is -2.29. The van der Waals surface area contributed by atoms with Crippen LogP contribution in [-0.4, -0.2) is 36.8 Å². The van der Waals surface area contributed by atoms with Crippen LogP contribution in [0.4, 0.5) is 20.4 Å². The fourth-order valence-electron chi connectivity index (χ4n) is 1.57. The van der Waals surface area contributed by atoms with Gasteiger partial charge in [0.05, 0.1) is 6.61 Å². The number of nitrogens with zero attached hydrogens (tertiary/aromatic N) is 2. The molecule has 0 aliphatic heterocycles. The molecule has 0 aliphatic carbocycles. The van der Waals surface area contributed by atoms with Crippen molar-refractivity contribution in [3.63, 3.8) is 0 Å². The maximum atomic E-state index is 13.6. The number of rotatable bonds is 6. The molecule has 0 amide bonds. The van der Waals surface area contributed by atoms with Crippen LogP contribution >= 0.6 is 0 Å². The first-order valence-corrected chi connectivity index (χ1v) is 5.53. The molecule has 6 heteroatoms. The molecule has 96 valence electrons. The predicted molar refractivity (Wildman–Crippen MR) is 63.3 cm³/mol. The van der Waals surface area contributed by atoms with Crippen LogP contribution in [0.1, 0.15) is 13.3 Å². The zero-order chi connectivity index (χ0) is 12.8. The first kappa shape index (κ1) is 13.6. The highest BCUT2D eigenvalue weighted by atomic mass is 19.1. The van der Waals surface area contributed by atoms with Gasteiger partial charge in [0.1, 0.15) is 0 Å². The molecule has 0 fully saturated rings. The van der Waals surface area contributed by atoms with E-state index in [1.54, 1.807) is 4.90 Å². The first-order chi connectivity index (χ1) is 8.13. The van der Waals surface area contributed by atoms with E-state index in [2.05, 4.69) is 10.3 Å². The average Bonchev–Trinajstić information content (AvgIpc) is 2.29. The van der Waals surface area contributed by atoms with Crippen LogP contribution in [0.15, 0.2) is 6.07 Å². The van der Waals surface area contributed by atoms with Gasteiger partial charge in [0.2, 0.25) is 0 Å². The van der Waals surface area contributed by atoms with Gasteiger partial charge in [-0.1, -0.05) is 6.92 Å². The van der Waals surface area contributed by atoms with E-state index in [1.807, 2.05) is 6.92 Å². The lowest BCUT2D eigenvalue weighted by molar-refractivity contribution is 0.301. The maximum Gasteiger partial charge on any atom is 0.168 e. The van der Waals surface area contributed by atoms with Gasteiger partial charge in [-0.3, -0.25) is 0 Å². The minimum Gasteiger partial charge on any atom is -0.395 e. The summed E-state index contributed by atoms with van der Waals surface area (Å²) in [5.41, 5.74) is 0. The molecule has 0 saturated heterocycles. The second-order valence-electron chi connectivity index (χ2n) is 3.58. The van der Waals surface area contributed by atoms with Gasteiger partial charge in [-0.25, -0.2) is 13.8 Å². The molecule has 1 rings (SSSR count). The number of hydrogen-bond acceptors (Lipinski definition) is 4. The van der Waals surface area contributed by atoms with Crippen molar-refractivity contribution in [2.75, 3.05) is 37.0 Å². The lowest BCUT2D eigenvalue weighted by Gasteiger charge is -2.23. The Morgan fingerprint density at radius 3 is 2.59 bits per heavy atom. The van der Waals surface area contributed by atoms with Crippen LogP contribution in [0, 0.1) is 11.6 Å². The van der Waals surface area contributed by atoms with Gasteiger partial charge in [0.25, 0.3) is 0 Å². The minimum atomic E-state index is -0.728. The van der Waals surface area contributed by atoms with Gasteiger partial charge < -0.3 is 15.3 Å². The van der Waals surface area contributed by atoms with Crippen molar-refractivity contribution in [3.8, 4) is 0 Å². The Morgan fingerprint density at radius 1 is 1.35 bits per heavy atom. The van der Waals surface area contributed by atoms with E-state index in [0.717, 1.165) is 12.5 Å². The van der Waals surface area contributed by atoms with Crippen molar-refractivity contribution in [3.05, 3.63) is 17.7 Å². The third-order valence-corrected chi connectivity index (χ3v) is 2.31. The summed E-state index contributed by atoms with van der Waals surface area (Å²) in [7, 11) is 1.52. The molecular formula is C11H17F2N3O. The molecule has 0 bridgehead atoms. The van der Waals surface area contributed by atoms with Crippen molar-refractivity contribution in [1.82, 2.24) is 4.98 Å². The zero-order valence-corrected chi connectivity index (χ0v) is 10.0. The number of pyridine rings is 1. The van der Waals surface area contributed by atoms with E-state index >= 15 is 0 Å². The summed E-state index contributed by atoms with van der Waals surface area (Å²) in [5.74, 6) is -1.38. The highest BCUT2D eigenvalue weighted by Gasteiger charge is 2.16. The van der Waals surface area contributed by atoms with Crippen molar-refractivity contribution >= 4 is 11.6 Å². The molecule has 0 aliphatic rings. The smallest absolute Gasteiger partial charge is 0.168 e. The molecule has 1 aromatic rings. The summed E-state index contributed by atoms with van der Waals surface area (Å²) < 4.78 is 26.8. The van der Waals surface area contributed by atoms with Crippen molar-refractivity contribution in [2.24, 2.45) is 0 Å². The van der Waals surface area contributed by atoms with Gasteiger partial charge in [0, 0.05) is 26.2 Å². The molecule has 0 unspecified atom stereocenters. The Kier molecular flexibility index (Phi) is 5.09. The zero-order valence-electron chi connectivity index (χ0n) is 10.0. The Hall–Kier alpha value is -1.43. The van der Waals surface area contributed by atoms with Gasteiger partial charge in [0.15, 0.2) is 23.3 Å². The van der Waals surface area contributed by atoms with Crippen LogP contribution in [0.5, 0.6) is 0 Å². The molecule has 4 nitrogen and oxygen atoms in total. The van der Waals surface area contributed by atoms with E-state index in [1.165, 1.54) is 7.05 Å². The average molecular weight is 245 g/mol. The van der Waals surface area contributed by atoms with Gasteiger partial charge in [-0.15, -0.1) is 0 Å². The number of anilines is 2. The van der Waals surface area contributed by atoms with Gasteiger partial charge in [-0.2, -0.15) is 0 Å². The normalized spacial score (nSPS) is 10.4. The van der Waals surface area contributed by atoms with Gasteiger partial charge >= 0.3 is 0 Å². The molecule has 0 saturated carbocycles. The molecule has 2 N–H and O–H groups in total. The quantitative estimate of drug-likeness (QED) is 0.799. The Labute approximate surface area is 99.3 Å². The lowest BCUT2D eigenvalue weighted by atomic mass is 10.3. The third-order valence-electron chi connectivity index (χ3n) is 2.31. The summed E-state index contributed by atoms with van der Waals surface area (Å²) in [6.07, 6.45) is 0.785. The summed E-state index contributed by atoms with van der Waals surface area (Å²) >= 11 is 0. The van der Waals surface area contributed by atoms with Crippen molar-refractivity contribution in [2.45, 2.75) is 13.3 Å². The van der Waals surface area contributed by atoms with E-state index in [9.17, 15) is 8.78 Å². The predicted octanol–water partition coefficient (Wildman–Crippen LogP) is 1.61. The molecule has 17 heavy (non-hydrogen) atoms. The van der Waals surface area contributed by atoms with Gasteiger partial charge in [-0.05, 0) is 6.42 Å². The molecule has 1 aromatic heterocycles. The van der Waals surface area contributed by atoms with Crippen LogP contribution in [0.25, 0.3) is 0 Å². The fourth-order valence-corrected chi connectivity index (χ4v) is 1.57. The summed E-state index contributed by atoms with van der Waals surface area (Å²) in [6, 6.07) is 0.800. The van der Waals surface area contributed by atoms with Crippen molar-refractivity contribution in [1.29, 1.82) is 0 Å². The number of aliphatic hydroxyl groups is 1. The highest BCUT2D eigenvalue weighted by Crippen LogP contribution is 2.22. The first-order valence-electron chi connectivity index (χ1n) is 5.53. The second-order valence-corrected chi connectivity index (χ2v) is 3.58. The number of aliphatic hydroxyl groups excluding tert-OH is 1. The van der Waals surface area contributed by atoms with E-state index < -0.39 is 11.6 Å². The molecular weight excluding hydrogens is 228 g/mol. The Balaban J connectivity index is 3.08. The fraction of sp³-hybridized carbons (Fsp3) is 0.545. The molecule has 0 spiro atoms. The third kappa shape index (κ3) is 3.26. The second kappa shape index (κ2) is 6.34.